The van der Waals surface area contributed by atoms with Gasteiger partial charge in [-0.05, 0) is 62.8 Å². The van der Waals surface area contributed by atoms with E-state index in [0.717, 1.165) is 30.4 Å². The number of hydrogen-bond acceptors (Lipinski definition) is 3. The van der Waals surface area contributed by atoms with E-state index in [0.29, 0.717) is 13.2 Å². The van der Waals surface area contributed by atoms with Crippen LogP contribution in [0.25, 0.3) is 11.1 Å². The molecule has 0 saturated carbocycles. The predicted octanol–water partition coefficient (Wildman–Crippen LogP) is 4.00. The second-order valence-corrected chi connectivity index (χ2v) is 8.21. The number of pyridine rings is 1. The van der Waals surface area contributed by atoms with Crippen LogP contribution in [0.15, 0.2) is 48.8 Å². The van der Waals surface area contributed by atoms with Crippen LogP contribution in [0, 0.1) is 5.41 Å². The highest BCUT2D eigenvalue weighted by molar-refractivity contribution is 5.83. The van der Waals surface area contributed by atoms with Crippen molar-refractivity contribution in [3.8, 4) is 11.1 Å². The van der Waals surface area contributed by atoms with Crippen molar-refractivity contribution < 1.29 is 9.53 Å². The second kappa shape index (κ2) is 7.58. The third-order valence-electron chi connectivity index (χ3n) is 4.91. The van der Waals surface area contributed by atoms with Crippen LogP contribution in [0.5, 0.6) is 0 Å². The van der Waals surface area contributed by atoms with Crippen molar-refractivity contribution in [2.24, 2.45) is 5.41 Å². The number of benzene rings is 1. The van der Waals surface area contributed by atoms with Gasteiger partial charge in [0.05, 0.1) is 5.41 Å². The molecule has 3 rings (SSSR count). The zero-order valence-electron chi connectivity index (χ0n) is 15.9. The number of nitrogens with one attached hydrogen (secondary N) is 1. The summed E-state index contributed by atoms with van der Waals surface area (Å²) in [6.45, 7) is 7.37. The first-order chi connectivity index (χ1) is 12.4. The molecule has 0 radical (unpaired) electrons. The van der Waals surface area contributed by atoms with Crippen LogP contribution in [0.1, 0.15) is 39.2 Å². The minimum Gasteiger partial charge on any atom is -0.381 e. The zero-order chi connectivity index (χ0) is 18.6. The first-order valence-corrected chi connectivity index (χ1v) is 9.28. The summed E-state index contributed by atoms with van der Waals surface area (Å²) in [6.07, 6.45) is 5.91. The number of aromatic nitrogens is 1. The van der Waals surface area contributed by atoms with E-state index in [1.54, 1.807) is 6.20 Å². The van der Waals surface area contributed by atoms with Crippen molar-refractivity contribution in [3.63, 3.8) is 0 Å². The van der Waals surface area contributed by atoms with Gasteiger partial charge in [0.15, 0.2) is 0 Å². The molecule has 1 aliphatic rings. The molecule has 1 saturated heterocycles. The molecule has 2 heterocycles. The van der Waals surface area contributed by atoms with E-state index in [-0.39, 0.29) is 16.9 Å². The summed E-state index contributed by atoms with van der Waals surface area (Å²) in [6, 6.07) is 12.5. The molecule has 4 heteroatoms. The Bertz CT molecular complexity index is 727. The predicted molar refractivity (Wildman–Crippen MR) is 104 cm³/mol. The van der Waals surface area contributed by atoms with Crippen molar-refractivity contribution in [2.45, 2.75) is 45.6 Å². The summed E-state index contributed by atoms with van der Waals surface area (Å²) in [4.78, 5) is 17.2. The summed E-state index contributed by atoms with van der Waals surface area (Å²) in [5, 5.41) is 3.18. The molecule has 1 fully saturated rings. The molecule has 0 atom stereocenters. The third-order valence-corrected chi connectivity index (χ3v) is 4.91. The molecule has 1 N–H and O–H groups in total. The molecule has 1 amide bonds. The minimum atomic E-state index is -0.388. The van der Waals surface area contributed by atoms with Gasteiger partial charge in [-0.3, -0.25) is 9.78 Å². The molecule has 1 aromatic heterocycles. The molecule has 2 aromatic rings. The standard InChI is InChI=1S/C22H28N2O2/c1-21(2,3)24-20(25)22(10-13-26-14-11-22)15-17-6-8-18(9-7-17)19-5-4-12-23-16-19/h4-9,12,16H,10-11,13-15H2,1-3H3,(H,24,25). The Labute approximate surface area is 156 Å². The highest BCUT2D eigenvalue weighted by Crippen LogP contribution is 2.35. The number of rotatable bonds is 4. The van der Waals surface area contributed by atoms with Gasteiger partial charge in [-0.25, -0.2) is 0 Å². The molecular weight excluding hydrogens is 324 g/mol. The molecule has 138 valence electrons. The van der Waals surface area contributed by atoms with Crippen LogP contribution in [-0.4, -0.2) is 29.6 Å². The number of carbonyl (C=O) groups is 1. The van der Waals surface area contributed by atoms with Crippen molar-refractivity contribution in [1.29, 1.82) is 0 Å². The number of nitrogens with zero attached hydrogens (tertiary/aromatic N) is 1. The SMILES string of the molecule is CC(C)(C)NC(=O)C1(Cc2ccc(-c3cccnc3)cc2)CCOCC1. The quantitative estimate of drug-likeness (QED) is 0.905. The molecular formula is C22H28N2O2. The van der Waals surface area contributed by atoms with E-state index in [9.17, 15) is 4.79 Å². The molecule has 1 aliphatic heterocycles. The largest absolute Gasteiger partial charge is 0.381 e. The van der Waals surface area contributed by atoms with Gasteiger partial charge in [0.1, 0.15) is 0 Å². The lowest BCUT2D eigenvalue weighted by Gasteiger charge is -2.38. The fraction of sp³-hybridized carbons (Fsp3) is 0.455. The maximum atomic E-state index is 13.1. The Balaban J connectivity index is 1.80. The van der Waals surface area contributed by atoms with E-state index >= 15 is 0 Å². The second-order valence-electron chi connectivity index (χ2n) is 8.21. The number of carbonyl (C=O) groups excluding carboxylic acids is 1. The van der Waals surface area contributed by atoms with Crippen molar-refractivity contribution in [1.82, 2.24) is 10.3 Å². The summed E-state index contributed by atoms with van der Waals surface area (Å²) in [7, 11) is 0. The minimum absolute atomic E-state index is 0.143. The van der Waals surface area contributed by atoms with Crippen LogP contribution >= 0.6 is 0 Å². The van der Waals surface area contributed by atoms with Crippen molar-refractivity contribution >= 4 is 5.91 Å². The first kappa shape index (κ1) is 18.6. The van der Waals surface area contributed by atoms with E-state index in [1.165, 1.54) is 5.56 Å². The topological polar surface area (TPSA) is 51.2 Å². The molecule has 0 aliphatic carbocycles. The zero-order valence-corrected chi connectivity index (χ0v) is 15.9. The van der Waals surface area contributed by atoms with Crippen LogP contribution in [0.3, 0.4) is 0 Å². The molecule has 0 bridgehead atoms. The highest BCUT2D eigenvalue weighted by atomic mass is 16.5. The van der Waals surface area contributed by atoms with Gasteiger partial charge in [0.2, 0.25) is 5.91 Å². The summed E-state index contributed by atoms with van der Waals surface area (Å²) in [5.74, 6) is 0.143. The monoisotopic (exact) mass is 352 g/mol. The lowest BCUT2D eigenvalue weighted by molar-refractivity contribution is -0.138. The van der Waals surface area contributed by atoms with E-state index < -0.39 is 0 Å². The lowest BCUT2D eigenvalue weighted by atomic mass is 9.74. The molecule has 0 unspecified atom stereocenters. The van der Waals surface area contributed by atoms with Gasteiger partial charge < -0.3 is 10.1 Å². The van der Waals surface area contributed by atoms with Crippen molar-refractivity contribution in [3.05, 3.63) is 54.4 Å². The highest BCUT2D eigenvalue weighted by Gasteiger charge is 2.41. The maximum Gasteiger partial charge on any atom is 0.227 e. The Morgan fingerprint density at radius 1 is 1.12 bits per heavy atom. The Hall–Kier alpha value is -2.20. The summed E-state index contributed by atoms with van der Waals surface area (Å²) in [5.41, 5.74) is 2.81. The van der Waals surface area contributed by atoms with Gasteiger partial charge in [0, 0.05) is 31.1 Å². The van der Waals surface area contributed by atoms with Crippen LogP contribution in [0.4, 0.5) is 0 Å². The summed E-state index contributed by atoms with van der Waals surface area (Å²) < 4.78 is 5.53. The average Bonchev–Trinajstić information content (AvgIpc) is 2.62. The number of amides is 1. The van der Waals surface area contributed by atoms with Crippen LogP contribution < -0.4 is 5.32 Å². The molecule has 0 spiro atoms. The molecule has 4 nitrogen and oxygen atoms in total. The summed E-state index contributed by atoms with van der Waals surface area (Å²) >= 11 is 0. The Morgan fingerprint density at radius 3 is 2.38 bits per heavy atom. The number of ether oxygens (including phenoxy) is 1. The van der Waals surface area contributed by atoms with Gasteiger partial charge in [-0.1, -0.05) is 30.3 Å². The fourth-order valence-corrected chi connectivity index (χ4v) is 3.46. The lowest BCUT2D eigenvalue weighted by Crippen LogP contribution is -2.52. The Morgan fingerprint density at radius 2 is 1.81 bits per heavy atom. The van der Waals surface area contributed by atoms with Crippen molar-refractivity contribution in [2.75, 3.05) is 13.2 Å². The van der Waals surface area contributed by atoms with Gasteiger partial charge in [-0.15, -0.1) is 0 Å². The van der Waals surface area contributed by atoms with Crippen LogP contribution in [-0.2, 0) is 16.0 Å². The van der Waals surface area contributed by atoms with E-state index in [2.05, 4.69) is 40.6 Å². The third kappa shape index (κ3) is 4.50. The molecule has 26 heavy (non-hydrogen) atoms. The smallest absolute Gasteiger partial charge is 0.227 e. The van der Waals surface area contributed by atoms with Gasteiger partial charge >= 0.3 is 0 Å². The average molecular weight is 352 g/mol. The Kier molecular flexibility index (Phi) is 5.42. The number of hydrogen-bond donors (Lipinski definition) is 1. The maximum absolute atomic E-state index is 13.1. The fourth-order valence-electron chi connectivity index (χ4n) is 3.46. The normalized spacial score (nSPS) is 16.9. The first-order valence-electron chi connectivity index (χ1n) is 9.28. The van der Waals surface area contributed by atoms with Gasteiger partial charge in [-0.2, -0.15) is 0 Å². The molecule has 1 aromatic carbocycles. The van der Waals surface area contributed by atoms with E-state index in [1.807, 2.05) is 33.0 Å². The van der Waals surface area contributed by atoms with Crippen LogP contribution in [0.2, 0.25) is 0 Å². The van der Waals surface area contributed by atoms with Gasteiger partial charge in [0.25, 0.3) is 0 Å². The van der Waals surface area contributed by atoms with E-state index in [4.69, 9.17) is 4.74 Å².